The molecular weight excluding hydrogens is 386 g/mol. The van der Waals surface area contributed by atoms with Crippen LogP contribution in [-0.4, -0.2) is 4.98 Å². The Morgan fingerprint density at radius 3 is 2.17 bits per heavy atom. The maximum absolute atomic E-state index is 6.57. The minimum absolute atomic E-state index is 0.458. The highest BCUT2D eigenvalue weighted by Gasteiger charge is 2.47. The molecule has 142 valence electrons. The van der Waals surface area contributed by atoms with Crippen LogP contribution in [0.5, 0.6) is 0 Å². The third-order valence-corrected chi connectivity index (χ3v) is 6.54. The van der Waals surface area contributed by atoms with Gasteiger partial charge in [-0.15, -0.1) is 0 Å². The molecule has 0 saturated carbocycles. The molecule has 6 rings (SSSR count). The van der Waals surface area contributed by atoms with Crippen LogP contribution in [0.2, 0.25) is 5.02 Å². The second-order valence-corrected chi connectivity index (χ2v) is 8.19. The lowest BCUT2D eigenvalue weighted by Gasteiger charge is -2.34. The van der Waals surface area contributed by atoms with Gasteiger partial charge in [0.25, 0.3) is 0 Å². The first-order chi connectivity index (χ1) is 14.8. The Bertz CT molecular complexity index is 1350. The van der Waals surface area contributed by atoms with Gasteiger partial charge in [0.1, 0.15) is 0 Å². The lowest BCUT2D eigenvalue weighted by atomic mass is 9.67. The Labute approximate surface area is 180 Å². The largest absolute Gasteiger partial charge is 0.265 e. The maximum atomic E-state index is 6.57. The molecule has 1 heterocycles. The van der Waals surface area contributed by atoms with Gasteiger partial charge in [-0.2, -0.15) is 0 Å². The maximum Gasteiger partial charge on any atom is 0.0721 e. The second-order valence-electron chi connectivity index (χ2n) is 7.75. The van der Waals surface area contributed by atoms with Crippen LogP contribution < -0.4 is 0 Å². The topological polar surface area (TPSA) is 12.9 Å². The molecule has 0 radical (unpaired) electrons. The zero-order valence-corrected chi connectivity index (χ0v) is 17.0. The number of aromatic nitrogens is 1. The van der Waals surface area contributed by atoms with Gasteiger partial charge in [-0.1, -0.05) is 84.4 Å². The first-order valence-corrected chi connectivity index (χ1v) is 10.5. The van der Waals surface area contributed by atoms with E-state index in [1.807, 2.05) is 18.5 Å². The van der Waals surface area contributed by atoms with E-state index in [0.717, 1.165) is 5.02 Å². The molecule has 0 spiro atoms. The van der Waals surface area contributed by atoms with Gasteiger partial charge in [-0.3, -0.25) is 4.98 Å². The summed E-state index contributed by atoms with van der Waals surface area (Å²) in [6.07, 6.45) is 3.76. The molecule has 1 unspecified atom stereocenters. The van der Waals surface area contributed by atoms with Crippen molar-refractivity contribution in [2.45, 2.75) is 5.41 Å². The summed E-state index contributed by atoms with van der Waals surface area (Å²) in [6, 6.07) is 34.4. The third kappa shape index (κ3) is 2.27. The smallest absolute Gasteiger partial charge is 0.0721 e. The van der Waals surface area contributed by atoms with Crippen LogP contribution in [0.4, 0.5) is 0 Å². The van der Waals surface area contributed by atoms with E-state index in [1.165, 1.54) is 44.2 Å². The molecule has 1 aliphatic rings. The number of hydrogen-bond donors (Lipinski definition) is 0. The molecule has 1 aliphatic carbocycles. The molecule has 0 fully saturated rings. The minimum Gasteiger partial charge on any atom is -0.265 e. The predicted molar refractivity (Wildman–Crippen MR) is 124 cm³/mol. The van der Waals surface area contributed by atoms with E-state index < -0.39 is 5.41 Å². The SMILES string of the molecule is Clc1ccc2c(c1)C(c1ccccc1)(c1ccncc1)c1c-2ccc2ccccc12. The van der Waals surface area contributed by atoms with Gasteiger partial charge in [-0.05, 0) is 68.4 Å². The molecule has 0 aliphatic heterocycles. The van der Waals surface area contributed by atoms with Gasteiger partial charge in [0.2, 0.25) is 0 Å². The lowest BCUT2D eigenvalue weighted by molar-refractivity contribution is 0.773. The number of nitrogens with zero attached hydrogens (tertiary/aromatic N) is 1. The summed E-state index contributed by atoms with van der Waals surface area (Å²) in [6.45, 7) is 0. The average Bonchev–Trinajstić information content (AvgIpc) is 3.11. The van der Waals surface area contributed by atoms with Gasteiger partial charge >= 0.3 is 0 Å². The fourth-order valence-electron chi connectivity index (χ4n) is 5.15. The number of pyridine rings is 1. The fraction of sp³-hybridized carbons (Fsp3) is 0.0357. The van der Waals surface area contributed by atoms with Crippen molar-refractivity contribution in [3.8, 4) is 11.1 Å². The van der Waals surface area contributed by atoms with Crippen molar-refractivity contribution >= 4 is 22.4 Å². The summed E-state index contributed by atoms with van der Waals surface area (Å²) in [7, 11) is 0. The van der Waals surface area contributed by atoms with Gasteiger partial charge in [0.05, 0.1) is 5.41 Å². The third-order valence-electron chi connectivity index (χ3n) is 6.30. The predicted octanol–water partition coefficient (Wildman–Crippen LogP) is 7.25. The summed E-state index contributed by atoms with van der Waals surface area (Å²) in [5, 5.41) is 3.26. The van der Waals surface area contributed by atoms with Crippen LogP contribution in [0.3, 0.4) is 0 Å². The Morgan fingerprint density at radius 1 is 0.633 bits per heavy atom. The molecule has 1 atom stereocenters. The second kappa shape index (κ2) is 6.55. The minimum atomic E-state index is -0.458. The first-order valence-electron chi connectivity index (χ1n) is 10.1. The summed E-state index contributed by atoms with van der Waals surface area (Å²) in [5.41, 5.74) is 7.01. The first kappa shape index (κ1) is 17.4. The Morgan fingerprint density at radius 2 is 1.33 bits per heavy atom. The van der Waals surface area contributed by atoms with Crippen molar-refractivity contribution in [2.24, 2.45) is 0 Å². The zero-order chi connectivity index (χ0) is 20.1. The molecule has 1 aromatic heterocycles. The monoisotopic (exact) mass is 403 g/mol. The van der Waals surface area contributed by atoms with Crippen LogP contribution in [0, 0.1) is 0 Å². The van der Waals surface area contributed by atoms with E-state index in [2.05, 4.69) is 96.0 Å². The Kier molecular flexibility index (Phi) is 3.81. The number of benzene rings is 4. The van der Waals surface area contributed by atoms with Crippen LogP contribution in [0.1, 0.15) is 22.3 Å². The Balaban J connectivity index is 1.89. The fourth-order valence-corrected chi connectivity index (χ4v) is 5.32. The Hall–Kier alpha value is -3.42. The number of hydrogen-bond acceptors (Lipinski definition) is 1. The summed E-state index contributed by atoms with van der Waals surface area (Å²) >= 11 is 6.57. The highest BCUT2D eigenvalue weighted by Crippen LogP contribution is 2.58. The van der Waals surface area contributed by atoms with Crippen molar-refractivity contribution in [3.05, 3.63) is 137 Å². The van der Waals surface area contributed by atoms with Gasteiger partial charge in [-0.25, -0.2) is 0 Å². The molecule has 2 heteroatoms. The molecule has 5 aromatic rings. The molecule has 1 nitrogen and oxygen atoms in total. The molecular formula is C28H18ClN. The van der Waals surface area contributed by atoms with Crippen molar-refractivity contribution in [3.63, 3.8) is 0 Å². The van der Waals surface area contributed by atoms with Crippen molar-refractivity contribution in [1.82, 2.24) is 4.98 Å². The van der Waals surface area contributed by atoms with E-state index in [1.54, 1.807) is 0 Å². The highest BCUT2D eigenvalue weighted by atomic mass is 35.5. The number of fused-ring (bicyclic) bond motifs is 5. The highest BCUT2D eigenvalue weighted by molar-refractivity contribution is 6.30. The van der Waals surface area contributed by atoms with Crippen LogP contribution in [0.15, 0.2) is 109 Å². The summed E-state index contributed by atoms with van der Waals surface area (Å²) in [5.74, 6) is 0. The summed E-state index contributed by atoms with van der Waals surface area (Å²) in [4.78, 5) is 4.31. The molecule has 0 saturated heterocycles. The van der Waals surface area contributed by atoms with E-state index in [0.29, 0.717) is 0 Å². The molecule has 0 bridgehead atoms. The lowest BCUT2D eigenvalue weighted by Crippen LogP contribution is -2.28. The van der Waals surface area contributed by atoms with Gasteiger partial charge < -0.3 is 0 Å². The normalized spacial score (nSPS) is 17.0. The van der Waals surface area contributed by atoms with E-state index in [9.17, 15) is 0 Å². The molecule has 4 aromatic carbocycles. The van der Waals surface area contributed by atoms with Crippen molar-refractivity contribution in [2.75, 3.05) is 0 Å². The molecule has 30 heavy (non-hydrogen) atoms. The molecule has 0 N–H and O–H groups in total. The van der Waals surface area contributed by atoms with Crippen LogP contribution in [0.25, 0.3) is 21.9 Å². The average molecular weight is 404 g/mol. The van der Waals surface area contributed by atoms with Crippen LogP contribution in [-0.2, 0) is 5.41 Å². The van der Waals surface area contributed by atoms with Crippen LogP contribution >= 0.6 is 11.6 Å². The van der Waals surface area contributed by atoms with E-state index >= 15 is 0 Å². The standard InChI is InChI=1S/C28H18ClN/c29-22-11-13-24-25-12-10-19-6-4-5-9-23(19)27(25)28(26(24)18-22,20-7-2-1-3-8-20)21-14-16-30-17-15-21/h1-18H. The van der Waals surface area contributed by atoms with E-state index in [4.69, 9.17) is 11.6 Å². The summed E-state index contributed by atoms with van der Waals surface area (Å²) < 4.78 is 0. The molecule has 0 amide bonds. The van der Waals surface area contributed by atoms with Gasteiger partial charge in [0, 0.05) is 17.4 Å². The quantitative estimate of drug-likeness (QED) is 0.296. The number of rotatable bonds is 2. The van der Waals surface area contributed by atoms with E-state index in [-0.39, 0.29) is 0 Å². The zero-order valence-electron chi connectivity index (χ0n) is 16.2. The van der Waals surface area contributed by atoms with Crippen molar-refractivity contribution in [1.29, 1.82) is 0 Å². The van der Waals surface area contributed by atoms with Gasteiger partial charge in [0.15, 0.2) is 0 Å². The van der Waals surface area contributed by atoms with Crippen molar-refractivity contribution < 1.29 is 0 Å². The number of halogens is 1.